The molecule has 22 heavy (non-hydrogen) atoms. The Morgan fingerprint density at radius 3 is 2.77 bits per heavy atom. The Morgan fingerprint density at radius 1 is 0.909 bits per heavy atom. The summed E-state index contributed by atoms with van der Waals surface area (Å²) in [5, 5.41) is 1.64. The number of thioether (sulfide) groups is 1. The van der Waals surface area contributed by atoms with Crippen LogP contribution in [-0.4, -0.2) is 10.5 Å². The lowest BCUT2D eigenvalue weighted by atomic mass is 9.91. The first kappa shape index (κ1) is 13.0. The summed E-state index contributed by atoms with van der Waals surface area (Å²) in [6.45, 7) is 0. The molecule has 2 aromatic carbocycles. The van der Waals surface area contributed by atoms with Crippen molar-refractivity contribution in [3.8, 4) is 11.1 Å². The van der Waals surface area contributed by atoms with Crippen molar-refractivity contribution in [2.45, 2.75) is 42.6 Å². The van der Waals surface area contributed by atoms with Crippen molar-refractivity contribution in [1.29, 1.82) is 0 Å². The van der Waals surface area contributed by atoms with E-state index >= 15 is 0 Å². The first-order chi connectivity index (χ1) is 10.9. The fraction of sp³-hybridized carbons (Fsp3) is 0.333. The summed E-state index contributed by atoms with van der Waals surface area (Å²) in [4.78, 5) is 0. The van der Waals surface area contributed by atoms with Crippen LogP contribution in [0.3, 0.4) is 0 Å². The van der Waals surface area contributed by atoms with Gasteiger partial charge in [-0.2, -0.15) is 11.8 Å². The number of hydrogen-bond donors (Lipinski definition) is 0. The molecule has 1 saturated heterocycles. The standard InChI is InChI=1S/C21H20S/c1-2-7-20-15(4-1)11-17-10-14(8-9-21(17)20)16-12-18-5-3-6-19(13-16)22-18/h1-2,4,7-10,12,18-19H,3,5-6,11,13H2. The van der Waals surface area contributed by atoms with E-state index in [0.717, 1.165) is 16.9 Å². The van der Waals surface area contributed by atoms with Crippen LogP contribution in [0, 0.1) is 0 Å². The summed E-state index contributed by atoms with van der Waals surface area (Å²) in [6, 6.07) is 16.0. The monoisotopic (exact) mass is 304 g/mol. The molecule has 0 N–H and O–H groups in total. The number of rotatable bonds is 1. The average Bonchev–Trinajstić information content (AvgIpc) is 2.92. The first-order valence-corrected chi connectivity index (χ1v) is 9.39. The van der Waals surface area contributed by atoms with Gasteiger partial charge in [0.25, 0.3) is 0 Å². The van der Waals surface area contributed by atoms with Crippen molar-refractivity contribution >= 4 is 17.3 Å². The molecule has 1 aliphatic carbocycles. The summed E-state index contributed by atoms with van der Waals surface area (Å²) in [7, 11) is 0. The zero-order chi connectivity index (χ0) is 14.5. The third-order valence-corrected chi connectivity index (χ3v) is 6.89. The normalized spacial score (nSPS) is 25.4. The van der Waals surface area contributed by atoms with Gasteiger partial charge in [-0.1, -0.05) is 55.0 Å². The number of hydrogen-bond acceptors (Lipinski definition) is 1. The highest BCUT2D eigenvalue weighted by atomic mass is 32.2. The molecule has 5 rings (SSSR count). The molecule has 0 amide bonds. The molecular formula is C21H20S. The highest BCUT2D eigenvalue weighted by Crippen LogP contribution is 2.44. The Morgan fingerprint density at radius 2 is 1.82 bits per heavy atom. The highest BCUT2D eigenvalue weighted by molar-refractivity contribution is 8.00. The van der Waals surface area contributed by atoms with E-state index in [1.165, 1.54) is 53.5 Å². The van der Waals surface area contributed by atoms with Gasteiger partial charge >= 0.3 is 0 Å². The zero-order valence-electron chi connectivity index (χ0n) is 12.7. The van der Waals surface area contributed by atoms with Gasteiger partial charge in [0, 0.05) is 10.5 Å². The second-order valence-corrected chi connectivity index (χ2v) is 8.37. The zero-order valence-corrected chi connectivity index (χ0v) is 13.5. The van der Waals surface area contributed by atoms with Gasteiger partial charge in [-0.05, 0) is 59.1 Å². The second-order valence-electron chi connectivity index (χ2n) is 6.83. The highest BCUT2D eigenvalue weighted by Gasteiger charge is 2.28. The predicted octanol–water partition coefficient (Wildman–Crippen LogP) is 5.70. The molecule has 1 fully saturated rings. The Balaban J connectivity index is 1.53. The minimum absolute atomic E-state index is 0.771. The fourth-order valence-electron chi connectivity index (χ4n) is 4.30. The van der Waals surface area contributed by atoms with E-state index in [1.807, 2.05) is 0 Å². The molecule has 0 nitrogen and oxygen atoms in total. The molecule has 0 spiro atoms. The van der Waals surface area contributed by atoms with Crippen LogP contribution in [0.2, 0.25) is 0 Å². The summed E-state index contributed by atoms with van der Waals surface area (Å²) < 4.78 is 0. The van der Waals surface area contributed by atoms with Crippen molar-refractivity contribution in [3.63, 3.8) is 0 Å². The van der Waals surface area contributed by atoms with Crippen LogP contribution in [0.25, 0.3) is 16.7 Å². The van der Waals surface area contributed by atoms with Gasteiger partial charge in [0.1, 0.15) is 0 Å². The fourth-order valence-corrected chi connectivity index (χ4v) is 5.92. The molecule has 110 valence electrons. The maximum absolute atomic E-state index is 2.56. The van der Waals surface area contributed by atoms with Crippen LogP contribution in [-0.2, 0) is 6.42 Å². The lowest BCUT2D eigenvalue weighted by Gasteiger charge is -2.33. The minimum atomic E-state index is 0.771. The maximum Gasteiger partial charge on any atom is 0.0235 e. The van der Waals surface area contributed by atoms with E-state index in [1.54, 1.807) is 5.57 Å². The third kappa shape index (κ3) is 2.06. The Hall–Kier alpha value is -1.47. The Bertz CT molecular complexity index is 771. The van der Waals surface area contributed by atoms with Gasteiger partial charge < -0.3 is 0 Å². The van der Waals surface area contributed by atoms with Gasteiger partial charge in [-0.3, -0.25) is 0 Å². The van der Waals surface area contributed by atoms with Crippen LogP contribution in [0.1, 0.15) is 42.4 Å². The number of benzene rings is 2. The number of allylic oxidation sites excluding steroid dienone is 1. The topological polar surface area (TPSA) is 0 Å². The molecule has 2 unspecified atom stereocenters. The molecule has 2 heterocycles. The van der Waals surface area contributed by atoms with E-state index in [0.29, 0.717) is 0 Å². The lowest BCUT2D eigenvalue weighted by Crippen LogP contribution is -2.21. The summed E-state index contributed by atoms with van der Waals surface area (Å²) in [5.74, 6) is 0. The van der Waals surface area contributed by atoms with Crippen LogP contribution >= 0.6 is 11.8 Å². The second kappa shape index (κ2) is 5.03. The van der Waals surface area contributed by atoms with Crippen molar-refractivity contribution in [1.82, 2.24) is 0 Å². The molecule has 0 saturated carbocycles. The maximum atomic E-state index is 2.56. The van der Waals surface area contributed by atoms with Crippen molar-refractivity contribution in [3.05, 3.63) is 65.2 Å². The molecule has 1 heteroatoms. The molecule has 0 aromatic heterocycles. The molecule has 2 aliphatic heterocycles. The summed E-state index contributed by atoms with van der Waals surface area (Å²) in [6.07, 6.45) is 9.15. The molecule has 3 aliphatic rings. The Kier molecular flexibility index (Phi) is 2.97. The Labute approximate surface area is 136 Å². The molecule has 0 radical (unpaired) electrons. The minimum Gasteiger partial charge on any atom is -0.151 e. The van der Waals surface area contributed by atoms with E-state index in [4.69, 9.17) is 0 Å². The largest absolute Gasteiger partial charge is 0.151 e. The van der Waals surface area contributed by atoms with E-state index in [2.05, 4.69) is 60.3 Å². The van der Waals surface area contributed by atoms with Crippen molar-refractivity contribution in [2.24, 2.45) is 0 Å². The van der Waals surface area contributed by atoms with Crippen molar-refractivity contribution < 1.29 is 0 Å². The molecule has 2 atom stereocenters. The van der Waals surface area contributed by atoms with Crippen molar-refractivity contribution in [2.75, 3.05) is 0 Å². The van der Waals surface area contributed by atoms with Crippen LogP contribution in [0.5, 0.6) is 0 Å². The molecular weight excluding hydrogens is 284 g/mol. The lowest BCUT2D eigenvalue weighted by molar-refractivity contribution is 0.630. The van der Waals surface area contributed by atoms with Crippen LogP contribution < -0.4 is 0 Å². The number of fused-ring (bicyclic) bond motifs is 5. The summed E-state index contributed by atoms with van der Waals surface area (Å²) >= 11 is 2.21. The van der Waals surface area contributed by atoms with E-state index < -0.39 is 0 Å². The third-order valence-electron chi connectivity index (χ3n) is 5.38. The van der Waals surface area contributed by atoms with Crippen LogP contribution in [0.4, 0.5) is 0 Å². The van der Waals surface area contributed by atoms with Gasteiger partial charge in [0.15, 0.2) is 0 Å². The smallest absolute Gasteiger partial charge is 0.0235 e. The summed E-state index contributed by atoms with van der Waals surface area (Å²) in [5.41, 5.74) is 8.97. The SMILES string of the molecule is C1=C(c2ccc3c(c2)Cc2ccccc2-3)CC2CCCC1S2. The molecule has 2 aromatic rings. The average molecular weight is 304 g/mol. The van der Waals surface area contributed by atoms with Gasteiger partial charge in [0.2, 0.25) is 0 Å². The van der Waals surface area contributed by atoms with Crippen LogP contribution in [0.15, 0.2) is 48.5 Å². The van der Waals surface area contributed by atoms with Gasteiger partial charge in [-0.15, -0.1) is 0 Å². The quantitative estimate of drug-likeness (QED) is 0.556. The van der Waals surface area contributed by atoms with E-state index in [-0.39, 0.29) is 0 Å². The first-order valence-electron chi connectivity index (χ1n) is 8.44. The van der Waals surface area contributed by atoms with E-state index in [9.17, 15) is 0 Å². The van der Waals surface area contributed by atoms with Gasteiger partial charge in [-0.25, -0.2) is 0 Å². The predicted molar refractivity (Wildman–Crippen MR) is 96.3 cm³/mol. The molecule has 2 bridgehead atoms. The van der Waals surface area contributed by atoms with Gasteiger partial charge in [0.05, 0.1) is 0 Å².